The Labute approximate surface area is 115 Å². The van der Waals surface area contributed by atoms with Crippen molar-refractivity contribution in [2.75, 3.05) is 6.54 Å². The minimum absolute atomic E-state index is 0.269. The zero-order chi connectivity index (χ0) is 13.7. The largest absolute Gasteiger partial charge is 0.469 e. The Morgan fingerprint density at radius 3 is 2.32 bits per heavy atom. The molecule has 2 rings (SSSR count). The van der Waals surface area contributed by atoms with Gasteiger partial charge >= 0.3 is 0 Å². The van der Waals surface area contributed by atoms with Gasteiger partial charge < -0.3 is 10.2 Å². The van der Waals surface area contributed by atoms with Gasteiger partial charge in [-0.3, -0.25) is 0 Å². The molecule has 2 N–H and O–H groups in total. The van der Waals surface area contributed by atoms with Crippen LogP contribution >= 0.6 is 0 Å². The Morgan fingerprint density at radius 1 is 1.11 bits per heavy atom. The van der Waals surface area contributed by atoms with E-state index in [0.29, 0.717) is 12.5 Å². The molecule has 19 heavy (non-hydrogen) atoms. The Hall–Kier alpha value is -1.54. The van der Waals surface area contributed by atoms with E-state index in [0.717, 1.165) is 12.2 Å². The normalized spacial score (nSPS) is 14.3. The van der Waals surface area contributed by atoms with Crippen molar-refractivity contribution >= 4 is 0 Å². The van der Waals surface area contributed by atoms with E-state index in [-0.39, 0.29) is 5.92 Å². The first-order valence-corrected chi connectivity index (χ1v) is 7.09. The van der Waals surface area contributed by atoms with Crippen LogP contribution in [-0.2, 0) is 0 Å². The van der Waals surface area contributed by atoms with Crippen LogP contribution in [0.3, 0.4) is 0 Å². The summed E-state index contributed by atoms with van der Waals surface area (Å²) < 4.78 is 5.55. The summed E-state index contributed by atoms with van der Waals surface area (Å²) in [4.78, 5) is 0. The molecule has 0 saturated heterocycles. The average molecular weight is 257 g/mol. The molecule has 0 saturated carbocycles. The monoisotopic (exact) mass is 257 g/mol. The molecule has 2 heteroatoms. The van der Waals surface area contributed by atoms with Crippen LogP contribution in [0.5, 0.6) is 0 Å². The average Bonchev–Trinajstić information content (AvgIpc) is 2.98. The van der Waals surface area contributed by atoms with Crippen molar-refractivity contribution in [3.63, 3.8) is 0 Å². The third-order valence-corrected chi connectivity index (χ3v) is 3.86. The quantitative estimate of drug-likeness (QED) is 0.839. The summed E-state index contributed by atoms with van der Waals surface area (Å²) in [6.07, 6.45) is 3.81. The molecule has 2 nitrogen and oxygen atoms in total. The van der Waals surface area contributed by atoms with Crippen molar-refractivity contribution in [3.05, 3.63) is 59.5 Å². The van der Waals surface area contributed by atoms with Gasteiger partial charge in [-0.1, -0.05) is 38.1 Å². The number of hydrogen-bond donors (Lipinski definition) is 1. The predicted molar refractivity (Wildman–Crippen MR) is 79.4 cm³/mol. The zero-order valence-electron chi connectivity index (χ0n) is 11.8. The molecule has 0 aliphatic rings. The van der Waals surface area contributed by atoms with Crippen LogP contribution < -0.4 is 5.73 Å². The van der Waals surface area contributed by atoms with Gasteiger partial charge in [-0.2, -0.15) is 0 Å². The first kappa shape index (κ1) is 13.9. The van der Waals surface area contributed by atoms with Crippen molar-refractivity contribution in [1.82, 2.24) is 0 Å². The van der Waals surface area contributed by atoms with Crippen LogP contribution in [0.2, 0.25) is 0 Å². The van der Waals surface area contributed by atoms with Gasteiger partial charge in [0.1, 0.15) is 5.76 Å². The molecule has 102 valence electrons. The molecule has 2 atom stereocenters. The molecule has 0 amide bonds. The lowest BCUT2D eigenvalue weighted by Crippen LogP contribution is -2.08. The summed E-state index contributed by atoms with van der Waals surface area (Å²) in [6, 6.07) is 12.9. The van der Waals surface area contributed by atoms with Gasteiger partial charge in [0, 0.05) is 5.92 Å². The molecule has 1 aromatic heterocycles. The maximum atomic E-state index is 5.73. The van der Waals surface area contributed by atoms with E-state index in [4.69, 9.17) is 10.2 Å². The number of rotatable bonds is 6. The van der Waals surface area contributed by atoms with E-state index in [1.54, 1.807) is 6.26 Å². The number of nitrogens with two attached hydrogens (primary N) is 1. The summed E-state index contributed by atoms with van der Waals surface area (Å²) >= 11 is 0. The van der Waals surface area contributed by atoms with Gasteiger partial charge in [0.25, 0.3) is 0 Å². The van der Waals surface area contributed by atoms with Gasteiger partial charge in [0.15, 0.2) is 0 Å². The van der Waals surface area contributed by atoms with Gasteiger partial charge in [0.2, 0.25) is 0 Å². The number of furan rings is 1. The van der Waals surface area contributed by atoms with E-state index in [1.807, 2.05) is 12.1 Å². The summed E-state index contributed by atoms with van der Waals surface area (Å²) in [5.74, 6) is 1.89. The maximum absolute atomic E-state index is 5.73. The summed E-state index contributed by atoms with van der Waals surface area (Å²) in [5, 5.41) is 0. The van der Waals surface area contributed by atoms with E-state index < -0.39 is 0 Å². The molecular weight excluding hydrogens is 234 g/mol. The van der Waals surface area contributed by atoms with E-state index >= 15 is 0 Å². The van der Waals surface area contributed by atoms with Crippen molar-refractivity contribution in [2.45, 2.75) is 38.5 Å². The topological polar surface area (TPSA) is 39.2 Å². The molecule has 2 aromatic rings. The SMILES string of the molecule is CCC(C)c1ccc(C(CCN)c2ccco2)cc1. The number of benzene rings is 1. The Bertz CT molecular complexity index is 472. The van der Waals surface area contributed by atoms with Crippen molar-refractivity contribution in [1.29, 1.82) is 0 Å². The van der Waals surface area contributed by atoms with Gasteiger partial charge in [-0.05, 0) is 48.6 Å². The number of hydrogen-bond acceptors (Lipinski definition) is 2. The van der Waals surface area contributed by atoms with Crippen LogP contribution in [-0.4, -0.2) is 6.54 Å². The second-order valence-corrected chi connectivity index (χ2v) is 5.12. The fraction of sp³-hybridized carbons (Fsp3) is 0.412. The lowest BCUT2D eigenvalue weighted by atomic mass is 9.90. The van der Waals surface area contributed by atoms with E-state index in [9.17, 15) is 0 Å². The Morgan fingerprint density at radius 2 is 1.79 bits per heavy atom. The molecule has 0 bridgehead atoms. The second kappa shape index (κ2) is 6.58. The molecule has 0 radical (unpaired) electrons. The van der Waals surface area contributed by atoms with Crippen LogP contribution in [0.4, 0.5) is 0 Å². The first-order valence-electron chi connectivity index (χ1n) is 7.09. The lowest BCUT2D eigenvalue weighted by molar-refractivity contribution is 0.476. The van der Waals surface area contributed by atoms with Gasteiger partial charge in [0.05, 0.1) is 6.26 Å². The summed E-state index contributed by atoms with van der Waals surface area (Å²) in [5.41, 5.74) is 8.42. The van der Waals surface area contributed by atoms with Crippen molar-refractivity contribution < 1.29 is 4.42 Å². The van der Waals surface area contributed by atoms with Crippen LogP contribution in [0.25, 0.3) is 0 Å². The molecule has 1 heterocycles. The fourth-order valence-electron chi connectivity index (χ4n) is 2.42. The third-order valence-electron chi connectivity index (χ3n) is 3.86. The Balaban J connectivity index is 2.23. The highest BCUT2D eigenvalue weighted by Gasteiger charge is 2.16. The van der Waals surface area contributed by atoms with Crippen LogP contribution in [0, 0.1) is 0 Å². The zero-order valence-corrected chi connectivity index (χ0v) is 11.8. The molecule has 0 spiro atoms. The standard InChI is InChI=1S/C17H23NO/c1-3-13(2)14-6-8-15(9-7-14)16(10-11-18)17-5-4-12-19-17/h4-9,12-13,16H,3,10-11,18H2,1-2H3. The van der Waals surface area contributed by atoms with Gasteiger partial charge in [-0.25, -0.2) is 0 Å². The summed E-state index contributed by atoms with van der Waals surface area (Å²) in [7, 11) is 0. The molecule has 0 fully saturated rings. The highest BCUT2D eigenvalue weighted by atomic mass is 16.3. The van der Waals surface area contributed by atoms with Crippen LogP contribution in [0.1, 0.15) is 55.4 Å². The van der Waals surface area contributed by atoms with Crippen molar-refractivity contribution in [3.8, 4) is 0 Å². The summed E-state index contributed by atoms with van der Waals surface area (Å²) in [6.45, 7) is 5.15. The van der Waals surface area contributed by atoms with Crippen molar-refractivity contribution in [2.24, 2.45) is 5.73 Å². The first-order chi connectivity index (χ1) is 9.26. The third kappa shape index (κ3) is 3.27. The van der Waals surface area contributed by atoms with Gasteiger partial charge in [-0.15, -0.1) is 0 Å². The molecular formula is C17H23NO. The van der Waals surface area contributed by atoms with E-state index in [2.05, 4.69) is 38.1 Å². The van der Waals surface area contributed by atoms with E-state index in [1.165, 1.54) is 17.5 Å². The molecule has 0 aliphatic heterocycles. The highest BCUT2D eigenvalue weighted by Crippen LogP contribution is 2.29. The Kier molecular flexibility index (Phi) is 4.80. The lowest BCUT2D eigenvalue weighted by Gasteiger charge is -2.16. The fourth-order valence-corrected chi connectivity index (χ4v) is 2.42. The van der Waals surface area contributed by atoms with Crippen LogP contribution in [0.15, 0.2) is 47.1 Å². The maximum Gasteiger partial charge on any atom is 0.111 e. The minimum Gasteiger partial charge on any atom is -0.469 e. The minimum atomic E-state index is 0.269. The molecule has 2 unspecified atom stereocenters. The smallest absolute Gasteiger partial charge is 0.111 e. The molecule has 0 aliphatic carbocycles. The highest BCUT2D eigenvalue weighted by molar-refractivity contribution is 5.31. The second-order valence-electron chi connectivity index (χ2n) is 5.12. The predicted octanol–water partition coefficient (Wildman–Crippen LogP) is 4.27. The molecule has 1 aromatic carbocycles.